The Morgan fingerprint density at radius 3 is 1.33 bits per heavy atom. The second-order valence-electron chi connectivity index (χ2n) is 3.29. The van der Waals surface area contributed by atoms with Crippen LogP contribution in [0.1, 0.15) is 0 Å². The number of para-hydroxylation sites is 2. The standard InChI is InChI=1S/C14H10N4/c1-3-7-13(8-4-1)15-11-17-18-12-16-14-9-5-2-6-10-14/h1-10H. The van der Waals surface area contributed by atoms with Gasteiger partial charge in [0.15, 0.2) is 0 Å². The number of aliphatic imine (C=N–C) groups is 2. The van der Waals surface area contributed by atoms with Gasteiger partial charge < -0.3 is 0 Å². The Hall–Kier alpha value is -2.80. The lowest BCUT2D eigenvalue weighted by atomic mass is 10.3. The Bertz CT molecular complexity index is 547. The summed E-state index contributed by atoms with van der Waals surface area (Å²) in [6.07, 6.45) is 0. The number of benzene rings is 2. The SMILES string of the molecule is C(=NN=C=Nc1ccccc1)=Nc1ccccc1. The van der Waals surface area contributed by atoms with Crippen LogP contribution >= 0.6 is 0 Å². The third-order valence-electron chi connectivity index (χ3n) is 2.01. The van der Waals surface area contributed by atoms with Gasteiger partial charge in [-0.2, -0.15) is 9.98 Å². The zero-order valence-electron chi connectivity index (χ0n) is 9.56. The monoisotopic (exact) mass is 234 g/mol. The van der Waals surface area contributed by atoms with Crippen molar-refractivity contribution in [3.8, 4) is 0 Å². The molecule has 0 heterocycles. The second kappa shape index (κ2) is 6.71. The highest BCUT2D eigenvalue weighted by atomic mass is 15.2. The van der Waals surface area contributed by atoms with Crippen molar-refractivity contribution in [2.75, 3.05) is 0 Å². The molecule has 0 fully saturated rings. The maximum Gasteiger partial charge on any atom is 0.123 e. The van der Waals surface area contributed by atoms with E-state index in [1.165, 1.54) is 0 Å². The number of nitrogens with zero attached hydrogens (tertiary/aromatic N) is 4. The predicted octanol–water partition coefficient (Wildman–Crippen LogP) is 3.91. The van der Waals surface area contributed by atoms with Crippen LogP contribution in [-0.2, 0) is 0 Å². The molecule has 0 saturated heterocycles. The van der Waals surface area contributed by atoms with Crippen LogP contribution in [0.4, 0.5) is 11.4 Å². The summed E-state index contributed by atoms with van der Waals surface area (Å²) in [6, 6.07) is 23.7. The van der Waals surface area contributed by atoms with Crippen LogP contribution in [0, 0.1) is 0 Å². The van der Waals surface area contributed by atoms with Crippen LogP contribution in [0.15, 0.2) is 80.9 Å². The van der Waals surface area contributed by atoms with Gasteiger partial charge in [-0.25, -0.2) is 0 Å². The third kappa shape index (κ3) is 3.99. The molecule has 0 spiro atoms. The Morgan fingerprint density at radius 1 is 0.556 bits per heavy atom. The first-order chi connectivity index (χ1) is 8.95. The van der Waals surface area contributed by atoms with E-state index in [0.29, 0.717) is 0 Å². The van der Waals surface area contributed by atoms with Crippen LogP contribution in [0.25, 0.3) is 0 Å². The van der Waals surface area contributed by atoms with Gasteiger partial charge in [0.25, 0.3) is 0 Å². The molecule has 2 rings (SSSR count). The lowest BCUT2D eigenvalue weighted by Gasteiger charge is -1.85. The van der Waals surface area contributed by atoms with Gasteiger partial charge >= 0.3 is 0 Å². The molecule has 4 heteroatoms. The van der Waals surface area contributed by atoms with E-state index in [1.807, 2.05) is 60.7 Å². The van der Waals surface area contributed by atoms with E-state index in [0.717, 1.165) is 11.4 Å². The topological polar surface area (TPSA) is 49.4 Å². The molecule has 18 heavy (non-hydrogen) atoms. The maximum atomic E-state index is 3.96. The zero-order chi connectivity index (χ0) is 12.5. The lowest BCUT2D eigenvalue weighted by molar-refractivity contribution is 1.26. The first kappa shape index (κ1) is 11.7. The Morgan fingerprint density at radius 2 is 0.944 bits per heavy atom. The van der Waals surface area contributed by atoms with Gasteiger partial charge in [0, 0.05) is 0 Å². The summed E-state index contributed by atoms with van der Waals surface area (Å²) in [5.41, 5.74) is 1.55. The van der Waals surface area contributed by atoms with Gasteiger partial charge in [0.1, 0.15) is 12.0 Å². The average Bonchev–Trinajstić information content (AvgIpc) is 2.45. The minimum atomic E-state index is 0.774. The normalized spacial score (nSPS) is 8.67. The summed E-state index contributed by atoms with van der Waals surface area (Å²) >= 11 is 0. The zero-order valence-corrected chi connectivity index (χ0v) is 9.56. The molecule has 0 bridgehead atoms. The highest BCUT2D eigenvalue weighted by Gasteiger charge is 1.81. The summed E-state index contributed by atoms with van der Waals surface area (Å²) in [4.78, 5) is 7.92. The van der Waals surface area contributed by atoms with Gasteiger partial charge in [-0.1, -0.05) is 46.6 Å². The van der Waals surface area contributed by atoms with Crippen molar-refractivity contribution >= 4 is 23.4 Å². The molecule has 0 saturated carbocycles. The molecule has 0 unspecified atom stereocenters. The summed E-state index contributed by atoms with van der Waals surface area (Å²) in [7, 11) is 0. The van der Waals surface area contributed by atoms with Gasteiger partial charge in [-0.3, -0.25) is 0 Å². The summed E-state index contributed by atoms with van der Waals surface area (Å²) in [5, 5.41) is 7.17. The number of hydrogen-bond donors (Lipinski definition) is 0. The molecule has 0 aromatic heterocycles. The molecule has 2 aromatic rings. The molecule has 0 aliphatic heterocycles. The Labute approximate surface area is 105 Å². The first-order valence-electron chi connectivity index (χ1n) is 5.36. The van der Waals surface area contributed by atoms with Crippen LogP contribution in [0.3, 0.4) is 0 Å². The second-order valence-corrected chi connectivity index (χ2v) is 3.29. The highest BCUT2D eigenvalue weighted by Crippen LogP contribution is 2.08. The van der Waals surface area contributed by atoms with Gasteiger partial charge in [0.2, 0.25) is 0 Å². The fourth-order valence-electron chi connectivity index (χ4n) is 1.21. The molecule has 86 valence electrons. The molecule has 4 nitrogen and oxygen atoms in total. The van der Waals surface area contributed by atoms with Crippen LogP contribution < -0.4 is 0 Å². The van der Waals surface area contributed by atoms with Crippen LogP contribution in [-0.4, -0.2) is 12.0 Å². The van der Waals surface area contributed by atoms with Crippen molar-refractivity contribution in [1.82, 2.24) is 0 Å². The van der Waals surface area contributed by atoms with E-state index in [2.05, 4.69) is 32.2 Å². The smallest absolute Gasteiger partial charge is 0.123 e. The van der Waals surface area contributed by atoms with Crippen molar-refractivity contribution in [2.24, 2.45) is 20.2 Å². The molecular weight excluding hydrogens is 224 g/mol. The van der Waals surface area contributed by atoms with E-state index in [9.17, 15) is 0 Å². The molecule has 2 aromatic carbocycles. The third-order valence-corrected chi connectivity index (χ3v) is 2.01. The van der Waals surface area contributed by atoms with Gasteiger partial charge in [0.05, 0.1) is 11.4 Å². The molecule has 0 N–H and O–H groups in total. The van der Waals surface area contributed by atoms with E-state index in [-0.39, 0.29) is 0 Å². The summed E-state index contributed by atoms with van der Waals surface area (Å²) < 4.78 is 0. The lowest BCUT2D eigenvalue weighted by Crippen LogP contribution is -1.62. The summed E-state index contributed by atoms with van der Waals surface area (Å²) in [5.74, 6) is 0. The van der Waals surface area contributed by atoms with E-state index in [4.69, 9.17) is 0 Å². The van der Waals surface area contributed by atoms with Crippen molar-refractivity contribution in [3.63, 3.8) is 0 Å². The van der Waals surface area contributed by atoms with Crippen molar-refractivity contribution in [3.05, 3.63) is 60.7 Å². The quantitative estimate of drug-likeness (QED) is 0.571. The predicted molar refractivity (Wildman–Crippen MR) is 71.9 cm³/mol. The molecular formula is C14H10N4. The average molecular weight is 234 g/mol. The molecule has 0 aliphatic carbocycles. The minimum absolute atomic E-state index is 0.774. The van der Waals surface area contributed by atoms with Crippen molar-refractivity contribution in [2.45, 2.75) is 0 Å². The molecule has 0 atom stereocenters. The Balaban J connectivity index is 1.99. The minimum Gasteiger partial charge on any atom is -0.186 e. The van der Waals surface area contributed by atoms with Crippen LogP contribution in [0.5, 0.6) is 0 Å². The molecule has 0 aliphatic rings. The first-order valence-corrected chi connectivity index (χ1v) is 5.36. The van der Waals surface area contributed by atoms with Gasteiger partial charge in [-0.05, 0) is 24.3 Å². The number of hydrogen-bond acceptors (Lipinski definition) is 4. The fraction of sp³-hybridized carbons (Fsp3) is 0. The van der Waals surface area contributed by atoms with Crippen molar-refractivity contribution < 1.29 is 0 Å². The summed E-state index contributed by atoms with van der Waals surface area (Å²) in [6.45, 7) is 0. The van der Waals surface area contributed by atoms with E-state index in [1.54, 1.807) is 0 Å². The molecule has 0 radical (unpaired) electrons. The van der Waals surface area contributed by atoms with Gasteiger partial charge in [-0.15, -0.1) is 0 Å². The maximum absolute atomic E-state index is 3.96. The molecule has 0 amide bonds. The van der Waals surface area contributed by atoms with Crippen molar-refractivity contribution in [1.29, 1.82) is 0 Å². The van der Waals surface area contributed by atoms with E-state index >= 15 is 0 Å². The van der Waals surface area contributed by atoms with E-state index < -0.39 is 0 Å². The largest absolute Gasteiger partial charge is 0.186 e. The van der Waals surface area contributed by atoms with Crippen LogP contribution in [0.2, 0.25) is 0 Å². The highest BCUT2D eigenvalue weighted by molar-refractivity contribution is 5.55. The number of rotatable bonds is 3. The fourth-order valence-corrected chi connectivity index (χ4v) is 1.21. The Kier molecular flexibility index (Phi) is 4.35.